The van der Waals surface area contributed by atoms with Crippen LogP contribution in [0.3, 0.4) is 0 Å². The number of aryl methyl sites for hydroxylation is 2. The molecule has 2 amide bonds. The van der Waals surface area contributed by atoms with Crippen LogP contribution in [0.4, 0.5) is 21.6 Å². The van der Waals surface area contributed by atoms with E-state index in [1.807, 2.05) is 26.0 Å². The number of carbonyl (C=O) groups is 3. The number of benzene rings is 3. The fraction of sp³-hybridized carbons (Fsp3) is 0.333. The normalized spacial score (nSPS) is 18.3. The molecule has 1 saturated carbocycles. The summed E-state index contributed by atoms with van der Waals surface area (Å²) in [6, 6.07) is 12.3. The molecule has 50 heavy (non-hydrogen) atoms. The van der Waals surface area contributed by atoms with Crippen molar-refractivity contribution in [1.82, 2.24) is 9.88 Å². The number of sulfone groups is 1. The average Bonchev–Trinajstić information content (AvgIpc) is 3.89. The number of hydrogen-bond acceptors (Lipinski definition) is 9. The van der Waals surface area contributed by atoms with Crippen molar-refractivity contribution in [3.8, 4) is 0 Å². The van der Waals surface area contributed by atoms with Gasteiger partial charge in [-0.2, -0.15) is 0 Å². The van der Waals surface area contributed by atoms with Gasteiger partial charge >= 0.3 is 0 Å². The molecule has 0 radical (unpaired) electrons. The second kappa shape index (κ2) is 14.4. The van der Waals surface area contributed by atoms with Crippen molar-refractivity contribution < 1.29 is 37.4 Å². The van der Waals surface area contributed by atoms with E-state index in [2.05, 4.69) is 15.6 Å². The second-order valence-electron chi connectivity index (χ2n) is 12.9. The largest absolute Gasteiger partial charge is 0.481 e. The lowest BCUT2D eigenvalue weighted by Crippen LogP contribution is -2.35. The van der Waals surface area contributed by atoms with Crippen LogP contribution in [0.25, 0.3) is 10.8 Å². The standard InChI is InChI=1S/C34H36FN5O5S.C2H4O2/c1-18-10-20-11-19(2)27(18)14-24(41)15-31(42)38-22-5-9-30(46(44,45)25-6-7-25)21(12-22)17-40(3)34(43)32(20)39-23-4-8-26-28(13-23)29(35)16-37-33(26)36;1-2(3)4/h4-5,8-13,16,24-25,32,39,41H,6-7,14-15,17H2,1-3H3,(H2,36,37)(H,38,42);1H3,(H,3,4)/t24?,32-;/m1./s1. The van der Waals surface area contributed by atoms with Gasteiger partial charge in [0.25, 0.3) is 5.97 Å². The zero-order valence-electron chi connectivity index (χ0n) is 28.2. The van der Waals surface area contributed by atoms with Gasteiger partial charge in [-0.1, -0.05) is 12.1 Å². The quantitative estimate of drug-likeness (QED) is 0.200. The van der Waals surface area contributed by atoms with E-state index in [-0.39, 0.29) is 41.4 Å². The summed E-state index contributed by atoms with van der Waals surface area (Å²) < 4.78 is 41.6. The number of carboxylic acids is 1. The molecule has 1 aliphatic carbocycles. The van der Waals surface area contributed by atoms with Crippen molar-refractivity contribution in [2.24, 2.45) is 0 Å². The van der Waals surface area contributed by atoms with Crippen LogP contribution in [0.2, 0.25) is 0 Å². The van der Waals surface area contributed by atoms with Gasteiger partial charge in [-0.3, -0.25) is 14.4 Å². The summed E-state index contributed by atoms with van der Waals surface area (Å²) in [4.78, 5) is 41.7. The number of hydrogen-bond donors (Lipinski definition) is 5. The number of halogens is 1. The highest BCUT2D eigenvalue weighted by molar-refractivity contribution is 7.92. The first-order chi connectivity index (χ1) is 23.5. The van der Waals surface area contributed by atoms with Gasteiger partial charge in [-0.25, -0.2) is 17.8 Å². The highest BCUT2D eigenvalue weighted by atomic mass is 32.2. The molecule has 3 aromatic carbocycles. The predicted octanol–water partition coefficient (Wildman–Crippen LogP) is 4.66. The minimum absolute atomic E-state index is 0.0603. The van der Waals surface area contributed by atoms with Crippen LogP contribution < -0.4 is 16.4 Å². The average molecular weight is 706 g/mol. The molecule has 4 aromatic rings. The maximum atomic E-state index is 14.8. The van der Waals surface area contributed by atoms with E-state index in [1.54, 1.807) is 31.3 Å². The zero-order valence-corrected chi connectivity index (χ0v) is 29.0. The fourth-order valence-electron chi connectivity index (χ4n) is 6.19. The Bertz CT molecular complexity index is 2080. The molecule has 3 aliphatic rings. The molecule has 1 unspecified atom stereocenters. The van der Waals surface area contributed by atoms with Gasteiger partial charge in [0.05, 0.1) is 28.9 Å². The maximum Gasteiger partial charge on any atom is 0.300 e. The number of carbonyl (C=O) groups excluding carboxylic acids is 2. The summed E-state index contributed by atoms with van der Waals surface area (Å²) in [6.07, 6.45) is 1.29. The molecule has 3 heterocycles. The number of pyridine rings is 1. The third-order valence-corrected chi connectivity index (χ3v) is 11.1. The van der Waals surface area contributed by atoms with Crippen molar-refractivity contribution in [3.63, 3.8) is 0 Å². The summed E-state index contributed by atoms with van der Waals surface area (Å²) in [6.45, 7) is 4.79. The van der Waals surface area contributed by atoms with E-state index >= 15 is 0 Å². The summed E-state index contributed by atoms with van der Waals surface area (Å²) >= 11 is 0. The molecule has 2 atom stereocenters. The Labute approximate surface area is 289 Å². The Morgan fingerprint density at radius 2 is 1.70 bits per heavy atom. The van der Waals surface area contributed by atoms with Gasteiger partial charge in [-0.15, -0.1) is 0 Å². The Hall–Kier alpha value is -5.08. The Morgan fingerprint density at radius 1 is 1.04 bits per heavy atom. The maximum absolute atomic E-state index is 14.8. The zero-order chi connectivity index (χ0) is 36.5. The number of fused-ring (bicyclic) bond motifs is 10. The van der Waals surface area contributed by atoms with Crippen LogP contribution >= 0.6 is 0 Å². The molecular formula is C36H40FN5O7S. The highest BCUT2D eigenvalue weighted by Gasteiger charge is 2.38. The topological polar surface area (TPSA) is 192 Å². The number of aromatic nitrogens is 1. The SMILES string of the molecule is CC(=O)O.Cc1cc2cc(C)c1CC(O)CC(=O)Nc1ccc(S(=O)(=O)C3CC3)c(c1)CN(C)C(=O)[C@@H]2Nc1ccc2c(N)ncc(F)c2c1. The van der Waals surface area contributed by atoms with Crippen LogP contribution in [0.1, 0.15) is 60.0 Å². The van der Waals surface area contributed by atoms with Gasteiger partial charge < -0.3 is 31.5 Å². The van der Waals surface area contributed by atoms with Crippen molar-refractivity contribution in [1.29, 1.82) is 0 Å². The number of nitrogens with two attached hydrogens (primary N) is 1. The van der Waals surface area contributed by atoms with Gasteiger partial charge in [0.1, 0.15) is 17.7 Å². The minimum atomic E-state index is -3.64. The van der Waals surface area contributed by atoms with Crippen molar-refractivity contribution in [2.75, 3.05) is 23.4 Å². The summed E-state index contributed by atoms with van der Waals surface area (Å²) in [5.74, 6) is -1.98. The monoisotopic (exact) mass is 705 g/mol. The van der Waals surface area contributed by atoms with E-state index in [1.165, 1.54) is 17.0 Å². The Balaban J connectivity index is 0.00000115. The highest BCUT2D eigenvalue weighted by Crippen LogP contribution is 2.37. The van der Waals surface area contributed by atoms with Crippen LogP contribution in [-0.4, -0.2) is 64.7 Å². The number of carboxylic acid groups (broad SMARTS) is 1. The van der Waals surface area contributed by atoms with Crippen LogP contribution in [-0.2, 0) is 37.2 Å². The lowest BCUT2D eigenvalue weighted by molar-refractivity contribution is -0.134. The third-order valence-electron chi connectivity index (χ3n) is 8.74. The molecule has 7 rings (SSSR count). The number of nitrogens with one attached hydrogen (secondary N) is 2. The second-order valence-corrected chi connectivity index (χ2v) is 15.0. The molecule has 6 N–H and O–H groups in total. The molecular weight excluding hydrogens is 665 g/mol. The van der Waals surface area contributed by atoms with Crippen molar-refractivity contribution >= 4 is 55.6 Å². The van der Waals surface area contributed by atoms with E-state index in [9.17, 15) is 27.5 Å². The molecule has 0 saturated heterocycles. The van der Waals surface area contributed by atoms with Gasteiger partial charge in [-0.05, 0) is 97.3 Å². The minimum Gasteiger partial charge on any atom is -0.481 e. The Kier molecular flexibility index (Phi) is 10.4. The lowest BCUT2D eigenvalue weighted by Gasteiger charge is -2.28. The Morgan fingerprint density at radius 3 is 2.34 bits per heavy atom. The van der Waals surface area contributed by atoms with E-state index in [0.29, 0.717) is 40.7 Å². The van der Waals surface area contributed by atoms with Gasteiger partial charge in [0.2, 0.25) is 11.8 Å². The third kappa shape index (κ3) is 8.03. The first-order valence-corrected chi connectivity index (χ1v) is 17.6. The number of aliphatic hydroxyl groups is 1. The van der Waals surface area contributed by atoms with Gasteiger partial charge in [0.15, 0.2) is 9.84 Å². The molecule has 14 heteroatoms. The molecule has 2 aliphatic heterocycles. The number of aliphatic carboxylic acids is 1. The smallest absolute Gasteiger partial charge is 0.300 e. The molecule has 0 spiro atoms. The number of likely N-dealkylation sites (N-methyl/N-ethyl adjacent to an activating group) is 1. The summed E-state index contributed by atoms with van der Waals surface area (Å²) in [7, 11) is -2.05. The molecule has 4 bridgehead atoms. The summed E-state index contributed by atoms with van der Waals surface area (Å²) in [5.41, 5.74) is 10.3. The molecule has 1 fully saturated rings. The summed E-state index contributed by atoms with van der Waals surface area (Å²) in [5, 5.41) is 24.5. The van der Waals surface area contributed by atoms with E-state index < -0.39 is 44.9 Å². The number of rotatable bonds is 4. The predicted molar refractivity (Wildman–Crippen MR) is 188 cm³/mol. The van der Waals surface area contributed by atoms with Crippen LogP contribution in [0.15, 0.2) is 59.6 Å². The molecule has 264 valence electrons. The fourth-order valence-corrected chi connectivity index (χ4v) is 8.06. The number of anilines is 3. The first kappa shape index (κ1) is 36.2. The van der Waals surface area contributed by atoms with Crippen LogP contribution in [0, 0.1) is 19.7 Å². The number of nitrogen functional groups attached to an aromatic ring is 1. The van der Waals surface area contributed by atoms with E-state index in [0.717, 1.165) is 29.8 Å². The number of aliphatic hydroxyl groups excluding tert-OH is 1. The van der Waals surface area contributed by atoms with Gasteiger partial charge in [0, 0.05) is 42.7 Å². The van der Waals surface area contributed by atoms with Crippen molar-refractivity contribution in [2.45, 2.75) is 75.3 Å². The van der Waals surface area contributed by atoms with Crippen molar-refractivity contribution in [3.05, 3.63) is 88.4 Å². The lowest BCUT2D eigenvalue weighted by atomic mass is 9.91. The van der Waals surface area contributed by atoms with E-state index in [4.69, 9.17) is 15.6 Å². The number of amides is 2. The molecule has 12 nitrogen and oxygen atoms in total. The first-order valence-electron chi connectivity index (χ1n) is 16.0. The number of nitrogens with zero attached hydrogens (tertiary/aromatic N) is 2. The molecule has 1 aromatic heterocycles. The van der Waals surface area contributed by atoms with Crippen LogP contribution in [0.5, 0.6) is 0 Å².